The molecule has 4 aromatic rings. The van der Waals surface area contributed by atoms with Crippen molar-refractivity contribution in [3.63, 3.8) is 0 Å². The molecule has 2 aromatic carbocycles. The minimum absolute atomic E-state index is 0.0362. The van der Waals surface area contributed by atoms with Crippen LogP contribution in [0.5, 0.6) is 0 Å². The van der Waals surface area contributed by atoms with Gasteiger partial charge in [0.25, 0.3) is 0 Å². The molecule has 0 bridgehead atoms. The highest BCUT2D eigenvalue weighted by atomic mass is 19.4. The number of guanidine groups is 1. The summed E-state index contributed by atoms with van der Waals surface area (Å²) in [5.41, 5.74) is 20.0. The van der Waals surface area contributed by atoms with Crippen molar-refractivity contribution < 1.29 is 13.2 Å². The highest BCUT2D eigenvalue weighted by Gasteiger charge is 2.32. The van der Waals surface area contributed by atoms with Crippen LogP contribution in [0.1, 0.15) is 88.8 Å². The highest BCUT2D eigenvalue weighted by molar-refractivity contribution is 5.76. The summed E-state index contributed by atoms with van der Waals surface area (Å²) in [7, 11) is 2.06. The van der Waals surface area contributed by atoms with Crippen molar-refractivity contribution in [1.82, 2.24) is 19.4 Å². The van der Waals surface area contributed by atoms with Crippen molar-refractivity contribution in [2.75, 3.05) is 26.7 Å². The maximum Gasteiger partial charge on any atom is 0.416 e. The van der Waals surface area contributed by atoms with E-state index in [9.17, 15) is 18.0 Å². The van der Waals surface area contributed by atoms with Gasteiger partial charge in [0.15, 0.2) is 5.96 Å². The second-order valence-electron chi connectivity index (χ2n) is 14.6. The van der Waals surface area contributed by atoms with E-state index in [2.05, 4.69) is 53.7 Å². The number of aliphatic imine (C=N–C) groups is 1. The number of H-pyrrole nitrogens is 1. The van der Waals surface area contributed by atoms with E-state index in [-0.39, 0.29) is 22.5 Å². The summed E-state index contributed by atoms with van der Waals surface area (Å²) < 4.78 is 40.3. The quantitative estimate of drug-likeness (QED) is 0.0820. The number of nitrogens with two attached hydrogens (primary N) is 3. The topological polar surface area (TPSA) is 144 Å². The smallest absolute Gasteiger partial charge is 0.370 e. The molecule has 0 aliphatic heterocycles. The van der Waals surface area contributed by atoms with Crippen LogP contribution in [0.15, 0.2) is 64.5 Å². The van der Waals surface area contributed by atoms with Crippen LogP contribution in [-0.4, -0.2) is 52.1 Å². The number of fused-ring (bicyclic) bond motifs is 1. The zero-order chi connectivity index (χ0) is 36.6. The standard InChI is InChI=1S/C22H31N7O.C15H22F3N/c1-22(2,3)18-12-16-14-29(21(30)27-19(16)26-18)17-8-6-15(7-9-17)13-28(4)11-5-10-25-20(23)24;1-14(2,3)12-8-11(6-4-5-7-19)9-13(10-12)15(16,17)18/h6-9,12,14H,5,10-11,13H2,1-4H3,(H4,23,24,25)(H,26,27,30);8-10H,4-7,19H2,1-3H3. The molecule has 9 nitrogen and oxygen atoms in total. The number of nitrogens with one attached hydrogen (secondary N) is 1. The Kier molecular flexibility index (Phi) is 13.2. The molecule has 0 spiro atoms. The third-order valence-corrected chi connectivity index (χ3v) is 8.08. The molecule has 0 amide bonds. The monoisotopic (exact) mass is 682 g/mol. The van der Waals surface area contributed by atoms with Crippen LogP contribution < -0.4 is 22.9 Å². The zero-order valence-corrected chi connectivity index (χ0v) is 29.9. The lowest BCUT2D eigenvalue weighted by Gasteiger charge is -2.22. The molecule has 0 saturated carbocycles. The maximum atomic E-state index is 12.9. The van der Waals surface area contributed by atoms with Gasteiger partial charge in [0, 0.05) is 35.8 Å². The predicted molar refractivity (Wildman–Crippen MR) is 194 cm³/mol. The van der Waals surface area contributed by atoms with Crippen LogP contribution >= 0.6 is 0 Å². The number of benzene rings is 2. The number of alkyl halides is 3. The van der Waals surface area contributed by atoms with E-state index in [1.807, 2.05) is 57.3 Å². The molecule has 7 N–H and O–H groups in total. The zero-order valence-electron chi connectivity index (χ0n) is 29.9. The van der Waals surface area contributed by atoms with Crippen LogP contribution in [0.3, 0.4) is 0 Å². The molecule has 49 heavy (non-hydrogen) atoms. The van der Waals surface area contributed by atoms with Gasteiger partial charge in [-0.05, 0) is 98.3 Å². The molecule has 0 radical (unpaired) electrons. The number of halogens is 3. The van der Waals surface area contributed by atoms with Crippen molar-refractivity contribution in [2.45, 2.75) is 90.8 Å². The first kappa shape index (κ1) is 39.3. The Balaban J connectivity index is 0.000000295. The van der Waals surface area contributed by atoms with Crippen molar-refractivity contribution in [1.29, 1.82) is 0 Å². The molecular weight excluding hydrogens is 629 g/mol. The third kappa shape index (κ3) is 12.0. The fourth-order valence-corrected chi connectivity index (χ4v) is 5.19. The molecule has 2 aromatic heterocycles. The van der Waals surface area contributed by atoms with Gasteiger partial charge in [-0.3, -0.25) is 9.56 Å². The lowest BCUT2D eigenvalue weighted by molar-refractivity contribution is -0.137. The van der Waals surface area contributed by atoms with Gasteiger partial charge >= 0.3 is 11.9 Å². The SMILES string of the molecule is CC(C)(C)c1cc(CCCCN)cc(C(F)(F)F)c1.CN(CCCN=C(N)N)Cc1ccc(-n2cc3cc(C(C)(C)C)[nH]c3nc2=O)cc1. The Labute approximate surface area is 287 Å². The number of rotatable bonds is 11. The highest BCUT2D eigenvalue weighted by Crippen LogP contribution is 2.34. The maximum absolute atomic E-state index is 12.9. The van der Waals surface area contributed by atoms with Gasteiger partial charge in [0.05, 0.1) is 11.3 Å². The fraction of sp³-hybridized carbons (Fsp3) is 0.486. The van der Waals surface area contributed by atoms with Crippen LogP contribution in [0, 0.1) is 0 Å². The summed E-state index contributed by atoms with van der Waals surface area (Å²) in [6, 6.07) is 14.4. The van der Waals surface area contributed by atoms with Gasteiger partial charge in [-0.2, -0.15) is 18.2 Å². The molecule has 12 heteroatoms. The Morgan fingerprint density at radius 1 is 0.898 bits per heavy atom. The van der Waals surface area contributed by atoms with Crippen molar-refractivity contribution >= 4 is 17.0 Å². The van der Waals surface area contributed by atoms with E-state index in [0.717, 1.165) is 60.2 Å². The average molecular weight is 683 g/mol. The number of nitrogens with zero attached hydrogens (tertiary/aromatic N) is 4. The lowest BCUT2D eigenvalue weighted by Crippen LogP contribution is -2.24. The summed E-state index contributed by atoms with van der Waals surface area (Å²) in [5, 5.41) is 0.920. The van der Waals surface area contributed by atoms with Gasteiger partial charge in [-0.15, -0.1) is 0 Å². The van der Waals surface area contributed by atoms with Gasteiger partial charge in [0.2, 0.25) is 0 Å². The first-order chi connectivity index (χ1) is 22.8. The Morgan fingerprint density at radius 3 is 2.12 bits per heavy atom. The number of hydrogen-bond acceptors (Lipinski definition) is 5. The number of aromatic nitrogens is 3. The largest absolute Gasteiger partial charge is 0.416 e. The number of aromatic amines is 1. The molecule has 2 heterocycles. The minimum Gasteiger partial charge on any atom is -0.370 e. The summed E-state index contributed by atoms with van der Waals surface area (Å²) in [5.74, 6) is 0.130. The molecule has 0 fully saturated rings. The Hall–Kier alpha value is -4.16. The molecule has 0 atom stereocenters. The third-order valence-electron chi connectivity index (χ3n) is 8.08. The predicted octanol–water partition coefficient (Wildman–Crippen LogP) is 6.39. The first-order valence-corrected chi connectivity index (χ1v) is 16.7. The summed E-state index contributed by atoms with van der Waals surface area (Å²) >= 11 is 0. The van der Waals surface area contributed by atoms with Gasteiger partial charge < -0.3 is 27.1 Å². The van der Waals surface area contributed by atoms with Gasteiger partial charge in [-0.1, -0.05) is 59.7 Å². The van der Waals surface area contributed by atoms with Crippen LogP contribution in [0.4, 0.5) is 13.2 Å². The Morgan fingerprint density at radius 2 is 1.55 bits per heavy atom. The fourth-order valence-electron chi connectivity index (χ4n) is 5.19. The van der Waals surface area contributed by atoms with E-state index in [0.29, 0.717) is 25.2 Å². The molecule has 4 rings (SSSR count). The summed E-state index contributed by atoms with van der Waals surface area (Å²) in [4.78, 5) is 26.2. The second kappa shape index (κ2) is 16.5. The van der Waals surface area contributed by atoms with E-state index >= 15 is 0 Å². The molecular formula is C37H53F3N8O. The summed E-state index contributed by atoms with van der Waals surface area (Å²) in [6.45, 7) is 15.0. The van der Waals surface area contributed by atoms with Crippen LogP contribution in [0.2, 0.25) is 0 Å². The molecule has 0 aliphatic carbocycles. The van der Waals surface area contributed by atoms with E-state index in [1.54, 1.807) is 4.57 Å². The number of hydrogen-bond donors (Lipinski definition) is 4. The lowest BCUT2D eigenvalue weighted by atomic mass is 9.84. The van der Waals surface area contributed by atoms with Gasteiger partial charge in [-0.25, -0.2) is 4.79 Å². The first-order valence-electron chi connectivity index (χ1n) is 16.7. The van der Waals surface area contributed by atoms with Crippen molar-refractivity contribution in [2.24, 2.45) is 22.2 Å². The number of aryl methyl sites for hydroxylation is 1. The molecule has 0 unspecified atom stereocenters. The van der Waals surface area contributed by atoms with E-state index in [1.165, 1.54) is 17.7 Å². The summed E-state index contributed by atoms with van der Waals surface area (Å²) in [6.07, 6.45) is 0.749. The molecule has 0 aliphatic rings. The minimum atomic E-state index is -4.29. The average Bonchev–Trinajstić information content (AvgIpc) is 3.42. The second-order valence-corrected chi connectivity index (χ2v) is 14.6. The number of unbranched alkanes of at least 4 members (excludes halogenated alkanes) is 1. The van der Waals surface area contributed by atoms with Crippen LogP contribution in [-0.2, 0) is 30.0 Å². The van der Waals surface area contributed by atoms with Crippen LogP contribution in [0.25, 0.3) is 16.7 Å². The Bertz CT molecular complexity index is 1710. The molecule has 0 saturated heterocycles. The normalized spacial score (nSPS) is 12.2. The van der Waals surface area contributed by atoms with E-state index < -0.39 is 11.7 Å². The van der Waals surface area contributed by atoms with Crippen molar-refractivity contribution in [3.05, 3.63) is 93.2 Å². The van der Waals surface area contributed by atoms with Crippen molar-refractivity contribution in [3.8, 4) is 5.69 Å². The van der Waals surface area contributed by atoms with Gasteiger partial charge in [0.1, 0.15) is 5.65 Å². The molecule has 268 valence electrons. The van der Waals surface area contributed by atoms with E-state index in [4.69, 9.17) is 17.2 Å².